The number of benzene rings is 1. The normalized spacial score (nSPS) is 22.6. The molecule has 1 aliphatic carbocycles. The molecule has 0 spiro atoms. The molecule has 1 aromatic rings. The minimum atomic E-state index is -0.314. The van der Waals surface area contributed by atoms with Gasteiger partial charge in [-0.3, -0.25) is 0 Å². The molecule has 112 valence electrons. The number of hydrogen-bond donors (Lipinski definition) is 2. The number of ether oxygens (including phenoxy) is 1. The van der Waals surface area contributed by atoms with Gasteiger partial charge >= 0.3 is 0 Å². The van der Waals surface area contributed by atoms with E-state index in [4.69, 9.17) is 10.5 Å². The van der Waals surface area contributed by atoms with Crippen molar-refractivity contribution in [1.82, 2.24) is 0 Å². The average Bonchev–Trinajstić information content (AvgIpc) is 2.47. The fourth-order valence-electron chi connectivity index (χ4n) is 2.98. The summed E-state index contributed by atoms with van der Waals surface area (Å²) in [5.74, 6) is 1.73. The van der Waals surface area contributed by atoms with Gasteiger partial charge in [-0.1, -0.05) is 26.2 Å². The summed E-state index contributed by atoms with van der Waals surface area (Å²) in [7, 11) is 1.54. The van der Waals surface area contributed by atoms with Crippen molar-refractivity contribution < 1.29 is 9.13 Å². The van der Waals surface area contributed by atoms with E-state index in [1.54, 1.807) is 13.2 Å². The number of nitrogen functional groups attached to an aromatic ring is 1. The molecule has 3 N–H and O–H groups in total. The Morgan fingerprint density at radius 2 is 1.90 bits per heavy atom. The molecule has 0 radical (unpaired) electrons. The molecule has 0 heterocycles. The monoisotopic (exact) mass is 280 g/mol. The first-order valence-corrected chi connectivity index (χ1v) is 7.50. The maximum atomic E-state index is 13.8. The number of methoxy groups -OCH3 is 1. The van der Waals surface area contributed by atoms with Gasteiger partial charge < -0.3 is 15.8 Å². The minimum absolute atomic E-state index is 0.314. The summed E-state index contributed by atoms with van der Waals surface area (Å²) >= 11 is 0. The van der Waals surface area contributed by atoms with Gasteiger partial charge in [-0.25, -0.2) is 4.39 Å². The molecule has 20 heavy (non-hydrogen) atoms. The van der Waals surface area contributed by atoms with Crippen molar-refractivity contribution in [3.8, 4) is 5.75 Å². The summed E-state index contributed by atoms with van der Waals surface area (Å²) < 4.78 is 19.0. The Bertz CT molecular complexity index is 442. The highest BCUT2D eigenvalue weighted by atomic mass is 19.1. The van der Waals surface area contributed by atoms with Crippen LogP contribution in [0.3, 0.4) is 0 Å². The molecule has 0 aliphatic heterocycles. The van der Waals surface area contributed by atoms with Crippen LogP contribution in [0.1, 0.15) is 39.0 Å². The Kier molecular flexibility index (Phi) is 5.10. The van der Waals surface area contributed by atoms with Gasteiger partial charge in [0.15, 0.2) is 0 Å². The molecule has 0 aromatic heterocycles. The molecule has 0 bridgehead atoms. The van der Waals surface area contributed by atoms with Crippen LogP contribution in [-0.2, 0) is 0 Å². The molecule has 1 saturated carbocycles. The van der Waals surface area contributed by atoms with Gasteiger partial charge in [0.1, 0.15) is 11.6 Å². The summed E-state index contributed by atoms with van der Waals surface area (Å²) in [4.78, 5) is 0. The predicted octanol–water partition coefficient (Wildman–Crippen LogP) is 4.04. The Morgan fingerprint density at radius 1 is 1.25 bits per heavy atom. The molecule has 4 heteroatoms. The van der Waals surface area contributed by atoms with E-state index in [-0.39, 0.29) is 5.82 Å². The molecule has 0 unspecified atom stereocenters. The fraction of sp³-hybridized carbons (Fsp3) is 0.625. The van der Waals surface area contributed by atoms with Crippen molar-refractivity contribution in [3.05, 3.63) is 17.9 Å². The highest BCUT2D eigenvalue weighted by molar-refractivity contribution is 5.62. The van der Waals surface area contributed by atoms with E-state index in [2.05, 4.69) is 12.2 Å². The minimum Gasteiger partial charge on any atom is -0.495 e. The van der Waals surface area contributed by atoms with Crippen molar-refractivity contribution >= 4 is 11.4 Å². The predicted molar refractivity (Wildman–Crippen MR) is 81.6 cm³/mol. The Balaban J connectivity index is 1.91. The quantitative estimate of drug-likeness (QED) is 0.800. The lowest BCUT2D eigenvalue weighted by Crippen LogP contribution is -2.21. The molecule has 1 aromatic carbocycles. The Labute approximate surface area is 120 Å². The number of hydrogen-bond acceptors (Lipinski definition) is 3. The van der Waals surface area contributed by atoms with Gasteiger partial charge in [0, 0.05) is 18.7 Å². The van der Waals surface area contributed by atoms with E-state index in [0.29, 0.717) is 23.0 Å². The Morgan fingerprint density at radius 3 is 2.50 bits per heavy atom. The van der Waals surface area contributed by atoms with Gasteiger partial charge in [0.25, 0.3) is 0 Å². The third-order valence-electron chi connectivity index (χ3n) is 4.44. The molecule has 3 nitrogen and oxygen atoms in total. The standard InChI is InChI=1S/C16H25FN2O/c1-3-11-4-6-12(7-5-11)10-19-15-9-16(20-2)14(18)8-13(15)17/h8-9,11-12,19H,3-7,10,18H2,1-2H3. The summed E-state index contributed by atoms with van der Waals surface area (Å²) in [6.07, 6.45) is 6.36. The van der Waals surface area contributed by atoms with E-state index in [0.717, 1.165) is 12.5 Å². The number of rotatable bonds is 5. The zero-order valence-corrected chi connectivity index (χ0v) is 12.4. The van der Waals surface area contributed by atoms with Crippen LogP contribution < -0.4 is 15.8 Å². The molecule has 0 saturated heterocycles. The van der Waals surface area contributed by atoms with E-state index in [9.17, 15) is 4.39 Å². The lowest BCUT2D eigenvalue weighted by molar-refractivity contribution is 0.278. The van der Waals surface area contributed by atoms with Gasteiger partial charge in [-0.05, 0) is 24.7 Å². The maximum absolute atomic E-state index is 13.8. The van der Waals surface area contributed by atoms with Crippen LogP contribution >= 0.6 is 0 Å². The van der Waals surface area contributed by atoms with Crippen LogP contribution in [0.4, 0.5) is 15.8 Å². The van der Waals surface area contributed by atoms with E-state index in [1.807, 2.05) is 0 Å². The highest BCUT2D eigenvalue weighted by Crippen LogP contribution is 2.32. The first-order valence-electron chi connectivity index (χ1n) is 7.50. The number of nitrogens with one attached hydrogen (secondary N) is 1. The van der Waals surface area contributed by atoms with Gasteiger partial charge in [0.2, 0.25) is 0 Å². The van der Waals surface area contributed by atoms with Crippen LogP contribution in [0.2, 0.25) is 0 Å². The van der Waals surface area contributed by atoms with E-state index in [1.165, 1.54) is 38.2 Å². The largest absolute Gasteiger partial charge is 0.495 e. The second-order valence-corrected chi connectivity index (χ2v) is 5.75. The van der Waals surface area contributed by atoms with Crippen molar-refractivity contribution in [2.75, 3.05) is 24.7 Å². The van der Waals surface area contributed by atoms with Crippen molar-refractivity contribution in [3.63, 3.8) is 0 Å². The second kappa shape index (κ2) is 6.82. The van der Waals surface area contributed by atoms with Gasteiger partial charge in [-0.2, -0.15) is 0 Å². The smallest absolute Gasteiger partial charge is 0.148 e. The molecule has 0 atom stereocenters. The number of anilines is 2. The zero-order valence-electron chi connectivity index (χ0n) is 12.4. The van der Waals surface area contributed by atoms with E-state index >= 15 is 0 Å². The van der Waals surface area contributed by atoms with Gasteiger partial charge in [-0.15, -0.1) is 0 Å². The van der Waals surface area contributed by atoms with Crippen molar-refractivity contribution in [1.29, 1.82) is 0 Å². The van der Waals surface area contributed by atoms with E-state index < -0.39 is 0 Å². The Hall–Kier alpha value is -1.45. The van der Waals surface area contributed by atoms with Crippen LogP contribution in [0.15, 0.2) is 12.1 Å². The molecule has 0 amide bonds. The fourth-order valence-corrected chi connectivity index (χ4v) is 2.98. The molecule has 1 fully saturated rings. The summed E-state index contributed by atoms with van der Waals surface area (Å²) in [6.45, 7) is 3.08. The summed E-state index contributed by atoms with van der Waals surface area (Å²) in [6, 6.07) is 2.96. The second-order valence-electron chi connectivity index (χ2n) is 5.75. The van der Waals surface area contributed by atoms with Crippen molar-refractivity contribution in [2.24, 2.45) is 11.8 Å². The number of halogens is 1. The zero-order chi connectivity index (χ0) is 14.5. The molecular formula is C16H25FN2O. The average molecular weight is 280 g/mol. The summed E-state index contributed by atoms with van der Waals surface area (Å²) in [5, 5.41) is 3.21. The molecule has 2 rings (SSSR count). The SMILES string of the molecule is CCC1CCC(CNc2cc(OC)c(N)cc2F)CC1. The summed E-state index contributed by atoms with van der Waals surface area (Å²) in [5.41, 5.74) is 6.49. The third kappa shape index (κ3) is 3.56. The van der Waals surface area contributed by atoms with Crippen LogP contribution in [-0.4, -0.2) is 13.7 Å². The lowest BCUT2D eigenvalue weighted by atomic mass is 9.81. The lowest BCUT2D eigenvalue weighted by Gasteiger charge is -2.28. The van der Waals surface area contributed by atoms with Gasteiger partial charge in [0.05, 0.1) is 18.5 Å². The topological polar surface area (TPSA) is 47.3 Å². The van der Waals surface area contributed by atoms with Crippen molar-refractivity contribution in [2.45, 2.75) is 39.0 Å². The van der Waals surface area contributed by atoms with Crippen LogP contribution in [0.5, 0.6) is 5.75 Å². The molecule has 1 aliphatic rings. The third-order valence-corrected chi connectivity index (χ3v) is 4.44. The number of nitrogens with two attached hydrogens (primary N) is 1. The van der Waals surface area contributed by atoms with Crippen LogP contribution in [0.25, 0.3) is 0 Å². The maximum Gasteiger partial charge on any atom is 0.148 e. The first kappa shape index (κ1) is 14.9. The van der Waals surface area contributed by atoms with Crippen LogP contribution in [0, 0.1) is 17.7 Å². The first-order chi connectivity index (χ1) is 9.63. The molecular weight excluding hydrogens is 255 g/mol. The highest BCUT2D eigenvalue weighted by Gasteiger charge is 2.20.